The van der Waals surface area contributed by atoms with Gasteiger partial charge in [-0.2, -0.15) is 13.2 Å². The van der Waals surface area contributed by atoms with E-state index < -0.39 is 32.7 Å². The van der Waals surface area contributed by atoms with Gasteiger partial charge in [0.25, 0.3) is 0 Å². The van der Waals surface area contributed by atoms with Gasteiger partial charge in [0.2, 0.25) is 10.0 Å². The summed E-state index contributed by atoms with van der Waals surface area (Å²) in [7, 11) is -2.47. The van der Waals surface area contributed by atoms with E-state index in [0.29, 0.717) is 12.3 Å². The van der Waals surface area contributed by atoms with Crippen LogP contribution in [0.25, 0.3) is 0 Å². The molecule has 1 atom stereocenters. The molecule has 0 bridgehead atoms. The molecule has 14 heteroatoms. The van der Waals surface area contributed by atoms with Crippen LogP contribution in [0, 0.1) is 0 Å². The fourth-order valence-electron chi connectivity index (χ4n) is 4.21. The highest BCUT2D eigenvalue weighted by Crippen LogP contribution is 2.36. The molecule has 0 saturated carbocycles. The molecule has 0 radical (unpaired) electrons. The minimum absolute atomic E-state index is 0.112. The summed E-state index contributed by atoms with van der Waals surface area (Å²) in [4.78, 5) is 3.65. The maximum Gasteiger partial charge on any atom is 0.417 e. The summed E-state index contributed by atoms with van der Waals surface area (Å²) in [5, 5.41) is 8.16. The van der Waals surface area contributed by atoms with E-state index in [-0.39, 0.29) is 16.3 Å². The monoisotopic (exact) mass is 616 g/mol. The number of rotatable bonds is 8. The smallest absolute Gasteiger partial charge is 0.417 e. The summed E-state index contributed by atoms with van der Waals surface area (Å²) in [6.07, 6.45) is -4.86. The zero-order valence-electron chi connectivity index (χ0n) is 21.0. The second-order valence-electron chi connectivity index (χ2n) is 8.96. The summed E-state index contributed by atoms with van der Waals surface area (Å²) >= 11 is 2.97. The number of piperazine rings is 1. The normalized spacial score (nSPS) is 16.0. The van der Waals surface area contributed by atoms with Crippen LogP contribution in [0.3, 0.4) is 0 Å². The van der Waals surface area contributed by atoms with Crippen molar-refractivity contribution < 1.29 is 26.3 Å². The van der Waals surface area contributed by atoms with Crippen molar-refractivity contribution in [2.24, 2.45) is 0 Å². The van der Waals surface area contributed by atoms with E-state index in [1.54, 1.807) is 17.6 Å². The predicted molar refractivity (Wildman–Crippen MR) is 140 cm³/mol. The number of benzene rings is 2. The average Bonchev–Trinajstić information content (AvgIpc) is 3.26. The van der Waals surface area contributed by atoms with Gasteiger partial charge < -0.3 is 14.5 Å². The Morgan fingerprint density at radius 3 is 2.47 bits per heavy atom. The summed E-state index contributed by atoms with van der Waals surface area (Å²) in [6.45, 7) is 7.32. The van der Waals surface area contributed by atoms with Crippen LogP contribution < -0.4 is 14.4 Å². The molecule has 1 aliphatic heterocycles. The molecule has 38 heavy (non-hydrogen) atoms. The molecule has 4 rings (SSSR count). The lowest BCUT2D eigenvalue weighted by Crippen LogP contribution is -2.44. The van der Waals surface area contributed by atoms with Gasteiger partial charge in [-0.05, 0) is 51.2 Å². The van der Waals surface area contributed by atoms with E-state index in [9.17, 15) is 21.6 Å². The van der Waals surface area contributed by atoms with Gasteiger partial charge in [-0.15, -0.1) is 5.10 Å². The predicted octanol–water partition coefficient (Wildman–Crippen LogP) is 4.66. The number of hydrogen-bond donors (Lipinski definition) is 1. The first-order chi connectivity index (χ1) is 17.9. The minimum Gasteiger partial charge on any atom is -0.424 e. The SMILES string of the molecule is CCn1c(Oc2cccc(N3CCN(C)CC3)c2)nnc1[C@@H](C)NS(=O)(=O)c1ccc(Br)cc1C(F)(F)F. The van der Waals surface area contributed by atoms with Gasteiger partial charge in [0.05, 0.1) is 16.5 Å². The van der Waals surface area contributed by atoms with Gasteiger partial charge in [0, 0.05) is 49.0 Å². The number of nitrogens with one attached hydrogen (secondary N) is 1. The van der Waals surface area contributed by atoms with Crippen LogP contribution in [0.5, 0.6) is 11.8 Å². The fourth-order valence-corrected chi connectivity index (χ4v) is 5.98. The molecule has 0 amide bonds. The number of aromatic nitrogens is 3. The highest BCUT2D eigenvalue weighted by atomic mass is 79.9. The third-order valence-corrected chi connectivity index (χ3v) is 8.30. The highest BCUT2D eigenvalue weighted by molar-refractivity contribution is 9.10. The Balaban J connectivity index is 1.55. The molecule has 1 fully saturated rings. The van der Waals surface area contributed by atoms with Crippen molar-refractivity contribution in [1.29, 1.82) is 0 Å². The molecule has 0 aliphatic carbocycles. The van der Waals surface area contributed by atoms with Gasteiger partial charge in [0.1, 0.15) is 5.75 Å². The second-order valence-corrected chi connectivity index (χ2v) is 11.6. The topological polar surface area (TPSA) is 92.6 Å². The van der Waals surface area contributed by atoms with Crippen molar-refractivity contribution >= 4 is 31.6 Å². The number of anilines is 1. The molecule has 1 saturated heterocycles. The first-order valence-electron chi connectivity index (χ1n) is 11.9. The zero-order valence-corrected chi connectivity index (χ0v) is 23.4. The molecular weight excluding hydrogens is 589 g/mol. The van der Waals surface area contributed by atoms with Crippen LogP contribution in [0.2, 0.25) is 0 Å². The Hall–Kier alpha value is -2.68. The molecule has 2 heterocycles. The van der Waals surface area contributed by atoms with Crippen molar-refractivity contribution in [3.05, 3.63) is 58.3 Å². The van der Waals surface area contributed by atoms with Crippen molar-refractivity contribution in [3.8, 4) is 11.8 Å². The Kier molecular flexibility index (Phi) is 8.35. The first kappa shape index (κ1) is 28.3. The lowest BCUT2D eigenvalue weighted by molar-refractivity contribution is -0.139. The van der Waals surface area contributed by atoms with Crippen LogP contribution in [-0.4, -0.2) is 61.3 Å². The lowest BCUT2D eigenvalue weighted by Gasteiger charge is -2.34. The number of ether oxygens (including phenoxy) is 1. The Labute approximate surface area is 227 Å². The standard InChI is InChI=1S/C24H28BrF3N6O3S/c1-4-34-22(16(2)31-38(35,36)21-9-8-17(25)14-20(21)24(26,27)28)29-30-23(34)37-19-7-5-6-18(15-19)33-12-10-32(3)11-13-33/h5-9,14-16,31H,4,10-13H2,1-3H3/t16-/m1/s1. The maximum atomic E-state index is 13.6. The van der Waals surface area contributed by atoms with Gasteiger partial charge in [-0.25, -0.2) is 13.1 Å². The zero-order chi connectivity index (χ0) is 27.7. The quantitative estimate of drug-likeness (QED) is 0.393. The van der Waals surface area contributed by atoms with E-state index in [0.717, 1.165) is 44.0 Å². The number of nitrogens with zero attached hydrogens (tertiary/aromatic N) is 5. The summed E-state index contributed by atoms with van der Waals surface area (Å²) in [5.41, 5.74) is -0.262. The molecule has 1 aliphatic rings. The highest BCUT2D eigenvalue weighted by Gasteiger charge is 2.38. The Morgan fingerprint density at radius 2 is 1.82 bits per heavy atom. The van der Waals surface area contributed by atoms with Crippen molar-refractivity contribution in [2.45, 2.75) is 37.5 Å². The number of hydrogen-bond acceptors (Lipinski definition) is 7. The first-order valence-corrected chi connectivity index (χ1v) is 14.2. The maximum absolute atomic E-state index is 13.6. The third kappa shape index (κ3) is 6.30. The Bertz CT molecular complexity index is 1390. The van der Waals surface area contributed by atoms with Gasteiger partial charge in [-0.1, -0.05) is 27.1 Å². The molecule has 2 aromatic carbocycles. The minimum atomic E-state index is -4.86. The summed E-state index contributed by atoms with van der Waals surface area (Å²) < 4.78 is 76.6. The average molecular weight is 617 g/mol. The second kappa shape index (κ2) is 11.2. The Morgan fingerprint density at radius 1 is 1.11 bits per heavy atom. The molecule has 0 unspecified atom stereocenters. The summed E-state index contributed by atoms with van der Waals surface area (Å²) in [6, 6.07) is 9.60. The molecular formula is C24H28BrF3N6O3S. The number of halogens is 4. The molecule has 0 spiro atoms. The van der Waals surface area contributed by atoms with Crippen LogP contribution in [0.1, 0.15) is 31.3 Å². The lowest BCUT2D eigenvalue weighted by atomic mass is 10.2. The molecule has 1 N–H and O–H groups in total. The van der Waals surface area contributed by atoms with Crippen LogP contribution in [0.4, 0.5) is 18.9 Å². The van der Waals surface area contributed by atoms with E-state index in [4.69, 9.17) is 4.74 Å². The number of alkyl halides is 3. The van der Waals surface area contributed by atoms with E-state index in [1.807, 2.05) is 18.2 Å². The van der Waals surface area contributed by atoms with E-state index >= 15 is 0 Å². The van der Waals surface area contributed by atoms with Gasteiger partial charge in [-0.3, -0.25) is 4.57 Å². The summed E-state index contributed by atoms with van der Waals surface area (Å²) in [5.74, 6) is 0.736. The molecule has 9 nitrogen and oxygen atoms in total. The van der Waals surface area contributed by atoms with E-state index in [2.05, 4.69) is 47.7 Å². The third-order valence-electron chi connectivity index (χ3n) is 6.21. The van der Waals surface area contributed by atoms with Crippen molar-refractivity contribution in [2.75, 3.05) is 38.1 Å². The fraction of sp³-hybridized carbons (Fsp3) is 0.417. The van der Waals surface area contributed by atoms with Gasteiger partial charge >= 0.3 is 12.2 Å². The van der Waals surface area contributed by atoms with Crippen LogP contribution in [0.15, 0.2) is 51.8 Å². The van der Waals surface area contributed by atoms with Crippen molar-refractivity contribution in [1.82, 2.24) is 24.4 Å². The number of sulfonamides is 1. The van der Waals surface area contributed by atoms with E-state index in [1.165, 1.54) is 13.0 Å². The van der Waals surface area contributed by atoms with Crippen LogP contribution >= 0.6 is 15.9 Å². The van der Waals surface area contributed by atoms with Crippen LogP contribution in [-0.2, 0) is 22.7 Å². The number of likely N-dealkylation sites (N-methyl/N-ethyl adjacent to an activating group) is 1. The molecule has 206 valence electrons. The largest absolute Gasteiger partial charge is 0.424 e. The van der Waals surface area contributed by atoms with Crippen molar-refractivity contribution in [3.63, 3.8) is 0 Å². The molecule has 3 aromatic rings. The van der Waals surface area contributed by atoms with Gasteiger partial charge in [0.15, 0.2) is 5.82 Å². The molecule has 1 aromatic heterocycles.